The molecule has 58 valence electrons. The lowest BCUT2D eigenvalue weighted by Crippen LogP contribution is -2.15. The van der Waals surface area contributed by atoms with Gasteiger partial charge in [-0.3, -0.25) is 0 Å². The van der Waals surface area contributed by atoms with Crippen molar-refractivity contribution in [3.63, 3.8) is 0 Å². The first-order chi connectivity index (χ1) is 4.79. The Morgan fingerprint density at radius 1 is 1.00 bits per heavy atom. The van der Waals surface area contributed by atoms with Crippen molar-refractivity contribution in [2.24, 2.45) is 10.8 Å². The molecule has 0 spiro atoms. The molecule has 0 amide bonds. The number of aliphatic hydroxyl groups is 2. The van der Waals surface area contributed by atoms with Crippen LogP contribution in [0.1, 0.15) is 25.7 Å². The van der Waals surface area contributed by atoms with Gasteiger partial charge < -0.3 is 10.2 Å². The third-order valence-corrected chi connectivity index (χ3v) is 3.59. The van der Waals surface area contributed by atoms with Crippen LogP contribution in [0.4, 0.5) is 0 Å². The Hall–Kier alpha value is -0.0800. The van der Waals surface area contributed by atoms with E-state index in [9.17, 15) is 0 Å². The SMILES string of the molecule is OC[C@@]12CCC[C@]1(CO)C2. The van der Waals surface area contributed by atoms with Crippen molar-refractivity contribution in [1.82, 2.24) is 0 Å². The van der Waals surface area contributed by atoms with Crippen LogP contribution in [0.25, 0.3) is 0 Å². The van der Waals surface area contributed by atoms with E-state index < -0.39 is 0 Å². The minimum absolute atomic E-state index is 0.155. The van der Waals surface area contributed by atoms with Crippen molar-refractivity contribution < 1.29 is 10.2 Å². The first-order valence-corrected chi connectivity index (χ1v) is 4.00. The second-order valence-corrected chi connectivity index (χ2v) is 3.91. The molecule has 2 aliphatic carbocycles. The van der Waals surface area contributed by atoms with Gasteiger partial charge in [-0.2, -0.15) is 0 Å². The van der Waals surface area contributed by atoms with E-state index in [4.69, 9.17) is 10.2 Å². The average molecular weight is 142 g/mol. The second-order valence-electron chi connectivity index (χ2n) is 3.91. The lowest BCUT2D eigenvalue weighted by molar-refractivity contribution is 0.141. The molecule has 0 aromatic rings. The Kier molecular flexibility index (Phi) is 1.15. The summed E-state index contributed by atoms with van der Waals surface area (Å²) in [4.78, 5) is 0. The van der Waals surface area contributed by atoms with Crippen LogP contribution in [-0.2, 0) is 0 Å². The van der Waals surface area contributed by atoms with Gasteiger partial charge in [0.25, 0.3) is 0 Å². The van der Waals surface area contributed by atoms with Gasteiger partial charge in [-0.1, -0.05) is 6.42 Å². The van der Waals surface area contributed by atoms with E-state index in [-0.39, 0.29) is 24.0 Å². The highest BCUT2D eigenvalue weighted by Crippen LogP contribution is 2.72. The van der Waals surface area contributed by atoms with Crippen LogP contribution >= 0.6 is 0 Å². The van der Waals surface area contributed by atoms with Gasteiger partial charge >= 0.3 is 0 Å². The molecular weight excluding hydrogens is 128 g/mol. The maximum absolute atomic E-state index is 9.05. The fourth-order valence-electron chi connectivity index (χ4n) is 2.68. The van der Waals surface area contributed by atoms with Crippen LogP contribution in [-0.4, -0.2) is 23.4 Å². The van der Waals surface area contributed by atoms with E-state index >= 15 is 0 Å². The smallest absolute Gasteiger partial charge is 0.0493 e. The predicted octanol–water partition coefficient (Wildman–Crippen LogP) is 0.531. The molecule has 10 heavy (non-hydrogen) atoms. The van der Waals surface area contributed by atoms with E-state index in [0.29, 0.717) is 0 Å². The van der Waals surface area contributed by atoms with Gasteiger partial charge in [0, 0.05) is 24.0 Å². The summed E-state index contributed by atoms with van der Waals surface area (Å²) in [6, 6.07) is 0. The Morgan fingerprint density at radius 2 is 1.50 bits per heavy atom. The van der Waals surface area contributed by atoms with Crippen molar-refractivity contribution >= 4 is 0 Å². The van der Waals surface area contributed by atoms with Gasteiger partial charge in [0.1, 0.15) is 0 Å². The standard InChI is InChI=1S/C8H14O2/c9-5-7-2-1-3-8(7,4-7)6-10/h9-10H,1-6H2/t7-,8+. The van der Waals surface area contributed by atoms with Crippen molar-refractivity contribution in [3.05, 3.63) is 0 Å². The molecule has 0 aromatic carbocycles. The van der Waals surface area contributed by atoms with Gasteiger partial charge in [-0.25, -0.2) is 0 Å². The van der Waals surface area contributed by atoms with E-state index in [1.807, 2.05) is 0 Å². The van der Waals surface area contributed by atoms with Crippen LogP contribution in [0, 0.1) is 10.8 Å². The molecular formula is C8H14O2. The monoisotopic (exact) mass is 142 g/mol. The fraction of sp³-hybridized carbons (Fsp3) is 1.00. The molecule has 2 fully saturated rings. The summed E-state index contributed by atoms with van der Waals surface area (Å²) < 4.78 is 0. The average Bonchev–Trinajstić information content (AvgIpc) is 2.51. The molecule has 0 saturated heterocycles. The van der Waals surface area contributed by atoms with Crippen LogP contribution < -0.4 is 0 Å². The van der Waals surface area contributed by atoms with Gasteiger partial charge in [0.2, 0.25) is 0 Å². The largest absolute Gasteiger partial charge is 0.396 e. The molecule has 2 nitrogen and oxygen atoms in total. The molecule has 2 heteroatoms. The third kappa shape index (κ3) is 0.523. The Labute approximate surface area is 60.9 Å². The molecule has 2 aliphatic rings. The maximum atomic E-state index is 9.05. The zero-order chi connectivity index (χ0) is 7.24. The minimum atomic E-state index is 0.155. The third-order valence-electron chi connectivity index (χ3n) is 3.59. The quantitative estimate of drug-likeness (QED) is 0.590. The first-order valence-electron chi connectivity index (χ1n) is 4.00. The Morgan fingerprint density at radius 3 is 1.80 bits per heavy atom. The summed E-state index contributed by atoms with van der Waals surface area (Å²) in [6.07, 6.45) is 4.52. The topological polar surface area (TPSA) is 40.5 Å². The molecule has 2 rings (SSSR count). The summed E-state index contributed by atoms with van der Waals surface area (Å²) in [7, 11) is 0. The molecule has 2 saturated carbocycles. The molecule has 2 atom stereocenters. The zero-order valence-electron chi connectivity index (χ0n) is 6.14. The zero-order valence-corrected chi connectivity index (χ0v) is 6.14. The van der Waals surface area contributed by atoms with E-state index in [2.05, 4.69) is 0 Å². The highest BCUT2D eigenvalue weighted by Gasteiger charge is 2.68. The molecule has 0 bridgehead atoms. The first kappa shape index (κ1) is 6.62. The van der Waals surface area contributed by atoms with Gasteiger partial charge in [0.05, 0.1) is 0 Å². The predicted molar refractivity (Wildman–Crippen MR) is 37.5 cm³/mol. The Bertz CT molecular complexity index is 141. The van der Waals surface area contributed by atoms with Crippen molar-refractivity contribution in [2.75, 3.05) is 13.2 Å². The van der Waals surface area contributed by atoms with Gasteiger partial charge in [-0.05, 0) is 19.3 Å². The summed E-state index contributed by atoms with van der Waals surface area (Å²) >= 11 is 0. The van der Waals surface area contributed by atoms with Crippen LogP contribution in [0.5, 0.6) is 0 Å². The van der Waals surface area contributed by atoms with Crippen molar-refractivity contribution in [1.29, 1.82) is 0 Å². The van der Waals surface area contributed by atoms with Crippen molar-refractivity contribution in [2.45, 2.75) is 25.7 Å². The molecule has 0 aromatic heterocycles. The number of rotatable bonds is 2. The van der Waals surface area contributed by atoms with Gasteiger partial charge in [-0.15, -0.1) is 0 Å². The molecule has 0 unspecified atom stereocenters. The number of fused-ring (bicyclic) bond motifs is 1. The summed E-state index contributed by atoms with van der Waals surface area (Å²) in [5, 5.41) is 18.1. The molecule has 0 heterocycles. The minimum Gasteiger partial charge on any atom is -0.396 e. The highest BCUT2D eigenvalue weighted by molar-refractivity contribution is 5.17. The lowest BCUT2D eigenvalue weighted by Gasteiger charge is -2.11. The Balaban J connectivity index is 2.15. The maximum Gasteiger partial charge on any atom is 0.0493 e. The molecule has 2 N–H and O–H groups in total. The van der Waals surface area contributed by atoms with Crippen LogP contribution in [0.2, 0.25) is 0 Å². The number of hydrogen-bond acceptors (Lipinski definition) is 2. The molecule has 0 aliphatic heterocycles. The van der Waals surface area contributed by atoms with Crippen LogP contribution in [0.15, 0.2) is 0 Å². The second kappa shape index (κ2) is 1.74. The van der Waals surface area contributed by atoms with Crippen molar-refractivity contribution in [3.8, 4) is 0 Å². The van der Waals surface area contributed by atoms with E-state index in [1.54, 1.807) is 0 Å². The fourth-order valence-corrected chi connectivity index (χ4v) is 2.68. The number of hydrogen-bond donors (Lipinski definition) is 2. The molecule has 0 radical (unpaired) electrons. The summed E-state index contributed by atoms with van der Waals surface area (Å²) in [6.45, 7) is 0.571. The normalized spacial score (nSPS) is 51.0. The van der Waals surface area contributed by atoms with Gasteiger partial charge in [0.15, 0.2) is 0 Å². The number of aliphatic hydroxyl groups excluding tert-OH is 2. The summed E-state index contributed by atoms with van der Waals surface area (Å²) in [5.74, 6) is 0. The van der Waals surface area contributed by atoms with Crippen LogP contribution in [0.3, 0.4) is 0 Å². The van der Waals surface area contributed by atoms with E-state index in [1.165, 1.54) is 6.42 Å². The highest BCUT2D eigenvalue weighted by atomic mass is 16.3. The lowest BCUT2D eigenvalue weighted by atomic mass is 9.98. The van der Waals surface area contributed by atoms with E-state index in [0.717, 1.165) is 19.3 Å². The summed E-state index contributed by atoms with van der Waals surface area (Å²) in [5.41, 5.74) is 0.309.